The van der Waals surface area contributed by atoms with E-state index in [0.717, 1.165) is 166 Å². The van der Waals surface area contributed by atoms with Crippen molar-refractivity contribution >= 4 is 109 Å². The molecule has 12 nitrogen and oxygen atoms in total. The van der Waals surface area contributed by atoms with Gasteiger partial charge in [0.1, 0.15) is 39.3 Å². The van der Waals surface area contributed by atoms with E-state index in [0.29, 0.717) is 34.9 Å². The summed E-state index contributed by atoms with van der Waals surface area (Å²) >= 11 is 0. The van der Waals surface area contributed by atoms with Crippen molar-refractivity contribution in [3.8, 4) is 102 Å². The van der Waals surface area contributed by atoms with Crippen molar-refractivity contribution in [1.82, 2.24) is 44.0 Å². The Hall–Kier alpha value is -14.8. The Kier molecular flexibility index (Phi) is 14.3. The maximum Gasteiger partial charge on any atom is 0.165 e. The molecule has 0 N–H and O–H groups in total. The zero-order chi connectivity index (χ0) is 70.5. The predicted octanol–water partition coefficient (Wildman–Crippen LogP) is 24.4. The average molecular weight is 1370 g/mol. The van der Waals surface area contributed by atoms with Crippen LogP contribution in [-0.4, -0.2) is 44.0 Å². The Bertz CT molecular complexity index is 7200. The molecule has 0 amide bonds. The monoisotopic (exact) mass is 1370 g/mol. The van der Waals surface area contributed by atoms with E-state index in [-0.39, 0.29) is 0 Å². The Morgan fingerprint density at radius 1 is 0.206 bits per heavy atom. The van der Waals surface area contributed by atoms with Crippen LogP contribution in [0.4, 0.5) is 0 Å². The summed E-state index contributed by atoms with van der Waals surface area (Å²) in [4.78, 5) is 34.9. The molecule has 0 aliphatic heterocycles. The molecule has 0 aliphatic carbocycles. The third-order valence-electron chi connectivity index (χ3n) is 20.4. The summed E-state index contributed by atoms with van der Waals surface area (Å²) in [5.74, 6) is 4.42. The number of aromatic nitrogens is 9. The summed E-state index contributed by atoms with van der Waals surface area (Å²) in [6.45, 7) is 0. The lowest BCUT2D eigenvalue weighted by Crippen LogP contribution is -2.01. The molecule has 12 heteroatoms. The smallest absolute Gasteiger partial charge is 0.165 e. The summed E-state index contributed by atoms with van der Waals surface area (Å²) in [7, 11) is 0. The third kappa shape index (κ3) is 10.6. The summed E-state index contributed by atoms with van der Waals surface area (Å²) < 4.78 is 23.3. The Morgan fingerprint density at radius 2 is 0.579 bits per heavy atom. The molecule has 8 aromatic heterocycles. The van der Waals surface area contributed by atoms with Gasteiger partial charge in [0.15, 0.2) is 34.9 Å². The number of benzene rings is 14. The van der Waals surface area contributed by atoms with Crippen molar-refractivity contribution in [1.29, 1.82) is 0 Å². The maximum absolute atomic E-state index is 6.26. The van der Waals surface area contributed by atoms with E-state index in [1.807, 2.05) is 170 Å². The van der Waals surface area contributed by atoms with Gasteiger partial charge in [0, 0.05) is 99.1 Å². The summed E-state index contributed by atoms with van der Waals surface area (Å²) in [5, 5.41) is 11.2. The van der Waals surface area contributed by atoms with Crippen LogP contribution >= 0.6 is 0 Å². The summed E-state index contributed by atoms with van der Waals surface area (Å²) in [6, 6.07) is 117. The minimum Gasteiger partial charge on any atom is -0.456 e. The fraction of sp³-hybridized carbons (Fsp3) is 0. The molecule has 0 radical (unpaired) electrons. The minimum atomic E-state index is 0.574. The van der Waals surface area contributed by atoms with Gasteiger partial charge in [-0.15, -0.1) is 0 Å². The lowest BCUT2D eigenvalue weighted by atomic mass is 10.0. The standard InChI is InChI=1S/C51H30N4O2.C44H27N5O/c1-2-12-31(13-3-1)49-52-50(54-51(53-49)40-19-11-23-46-48(40)39-18-6-9-22-45(39)56-46)34-14-10-15-35(28-34)55-42-20-7-4-16-36(42)41-29-32(25-27-43(41)55)33-24-26-38-37-17-5-8-21-44(37)57-47(38)30-33;1-3-11-28(12-4-1)42-46-43(29-13-5-2-6-14-29)48-44(47-42)32-21-24-41(45-27-32)49-37-17-9-7-15-33(37)36-25-30(20-23-38(36)49)31-19-22-35-34-16-8-10-18-39(34)50-40(35)26-31/h1-30H;1-27H. The molecule has 0 atom stereocenters. The van der Waals surface area contributed by atoms with Gasteiger partial charge in [0.05, 0.1) is 22.1 Å². The fourth-order valence-electron chi connectivity index (χ4n) is 15.3. The molecule has 0 saturated heterocycles. The molecule has 22 rings (SSSR count). The number of nitrogens with zero attached hydrogens (tertiary/aromatic N) is 9. The Balaban J connectivity index is 0.000000138. The fourth-order valence-corrected chi connectivity index (χ4v) is 15.3. The van der Waals surface area contributed by atoms with Crippen LogP contribution in [0.1, 0.15) is 0 Å². The Labute approximate surface area is 611 Å². The molecule has 0 spiro atoms. The van der Waals surface area contributed by atoms with Gasteiger partial charge in [0.25, 0.3) is 0 Å². The molecule has 0 fully saturated rings. The van der Waals surface area contributed by atoms with Crippen LogP contribution in [0.2, 0.25) is 0 Å². The number of hydrogen-bond acceptors (Lipinski definition) is 10. The normalized spacial score (nSPS) is 11.7. The van der Waals surface area contributed by atoms with Crippen LogP contribution in [0.25, 0.3) is 212 Å². The van der Waals surface area contributed by atoms with Crippen LogP contribution in [0.15, 0.2) is 359 Å². The van der Waals surface area contributed by atoms with E-state index in [1.54, 1.807) is 0 Å². The molecule has 500 valence electrons. The molecule has 0 aliphatic rings. The first kappa shape index (κ1) is 61.0. The topological polar surface area (TPSA) is 140 Å². The molecule has 0 saturated carbocycles. The first-order valence-electron chi connectivity index (χ1n) is 35.6. The lowest BCUT2D eigenvalue weighted by molar-refractivity contribution is 0.668. The predicted molar refractivity (Wildman–Crippen MR) is 431 cm³/mol. The molecule has 0 unspecified atom stereocenters. The van der Waals surface area contributed by atoms with Crippen molar-refractivity contribution in [3.05, 3.63) is 346 Å². The molecule has 22 aromatic rings. The SMILES string of the molecule is c1ccc(-c2nc(-c3cccc(-n4c5ccccc5c5cc(-c6ccc7c(c6)oc6ccccc67)ccc54)c3)nc(-c3cccc4oc5ccccc5c34)n2)cc1.c1ccc(-c2nc(-c3ccccc3)nc(-c3ccc(-n4c5ccccc5c5cc(-c6ccc7c(c6)oc6ccccc67)ccc54)nc3)n2)cc1. The molecular formula is C95H57N9O3. The van der Waals surface area contributed by atoms with E-state index in [1.165, 1.54) is 10.8 Å². The van der Waals surface area contributed by atoms with Crippen LogP contribution in [0, 0.1) is 0 Å². The minimum absolute atomic E-state index is 0.574. The second-order valence-electron chi connectivity index (χ2n) is 26.7. The van der Waals surface area contributed by atoms with Gasteiger partial charge in [-0.05, 0) is 131 Å². The van der Waals surface area contributed by atoms with Crippen molar-refractivity contribution in [2.45, 2.75) is 0 Å². The molecule has 0 bridgehead atoms. The van der Waals surface area contributed by atoms with E-state index < -0.39 is 0 Å². The van der Waals surface area contributed by atoms with Crippen LogP contribution < -0.4 is 0 Å². The van der Waals surface area contributed by atoms with Gasteiger partial charge in [-0.1, -0.05) is 231 Å². The van der Waals surface area contributed by atoms with Crippen LogP contribution in [-0.2, 0) is 0 Å². The van der Waals surface area contributed by atoms with Gasteiger partial charge < -0.3 is 17.8 Å². The average Bonchev–Trinajstić information content (AvgIpc) is 1.60. The van der Waals surface area contributed by atoms with Gasteiger partial charge in [-0.25, -0.2) is 34.9 Å². The summed E-state index contributed by atoms with van der Waals surface area (Å²) in [5.41, 5.74) is 20.5. The van der Waals surface area contributed by atoms with E-state index in [9.17, 15) is 0 Å². The van der Waals surface area contributed by atoms with Crippen LogP contribution in [0.5, 0.6) is 0 Å². The van der Waals surface area contributed by atoms with Crippen molar-refractivity contribution in [2.75, 3.05) is 0 Å². The Morgan fingerprint density at radius 3 is 1.12 bits per heavy atom. The number of rotatable bonds is 10. The van der Waals surface area contributed by atoms with Gasteiger partial charge in [-0.3, -0.25) is 4.57 Å². The van der Waals surface area contributed by atoms with Crippen molar-refractivity contribution in [3.63, 3.8) is 0 Å². The highest BCUT2D eigenvalue weighted by Crippen LogP contribution is 2.42. The highest BCUT2D eigenvalue weighted by molar-refractivity contribution is 6.14. The number of fused-ring (bicyclic) bond motifs is 15. The number of hydrogen-bond donors (Lipinski definition) is 0. The number of pyridine rings is 1. The largest absolute Gasteiger partial charge is 0.456 e. The van der Waals surface area contributed by atoms with E-state index in [2.05, 4.69) is 185 Å². The first-order valence-corrected chi connectivity index (χ1v) is 35.6. The molecule has 14 aromatic carbocycles. The molecule has 107 heavy (non-hydrogen) atoms. The first-order chi connectivity index (χ1) is 53.0. The second-order valence-corrected chi connectivity index (χ2v) is 26.7. The molecule has 8 heterocycles. The maximum atomic E-state index is 6.26. The van der Waals surface area contributed by atoms with E-state index in [4.69, 9.17) is 48.1 Å². The zero-order valence-corrected chi connectivity index (χ0v) is 57.2. The van der Waals surface area contributed by atoms with Crippen molar-refractivity contribution < 1.29 is 13.3 Å². The van der Waals surface area contributed by atoms with Gasteiger partial charge in [0.2, 0.25) is 0 Å². The molecular weight excluding hydrogens is 1320 g/mol. The van der Waals surface area contributed by atoms with E-state index >= 15 is 0 Å². The number of para-hydroxylation sites is 5. The summed E-state index contributed by atoms with van der Waals surface area (Å²) in [6.07, 6.45) is 1.85. The third-order valence-corrected chi connectivity index (χ3v) is 20.4. The van der Waals surface area contributed by atoms with Crippen LogP contribution in [0.3, 0.4) is 0 Å². The van der Waals surface area contributed by atoms with Gasteiger partial charge >= 0.3 is 0 Å². The quantitative estimate of drug-likeness (QED) is 0.130. The number of furan rings is 3. The zero-order valence-electron chi connectivity index (χ0n) is 57.2. The van der Waals surface area contributed by atoms with Crippen molar-refractivity contribution in [2.24, 2.45) is 0 Å². The second kappa shape index (κ2) is 25.1. The lowest BCUT2D eigenvalue weighted by Gasteiger charge is -2.12. The highest BCUT2D eigenvalue weighted by atomic mass is 16.3. The highest BCUT2D eigenvalue weighted by Gasteiger charge is 2.22. The van der Waals surface area contributed by atoms with Gasteiger partial charge in [-0.2, -0.15) is 0 Å².